The summed E-state index contributed by atoms with van der Waals surface area (Å²) in [6.45, 7) is 4.10. The van der Waals surface area contributed by atoms with Gasteiger partial charge in [-0.25, -0.2) is 0 Å². The van der Waals surface area contributed by atoms with E-state index in [0.717, 1.165) is 25.9 Å². The quantitative estimate of drug-likeness (QED) is 0.572. The van der Waals surface area contributed by atoms with Crippen LogP contribution in [0.15, 0.2) is 0 Å². The lowest BCUT2D eigenvalue weighted by molar-refractivity contribution is -0.124. The van der Waals surface area contributed by atoms with Crippen molar-refractivity contribution in [2.75, 3.05) is 33.7 Å². The first kappa shape index (κ1) is 13.4. The van der Waals surface area contributed by atoms with E-state index in [4.69, 9.17) is 5.73 Å². The molecule has 0 aliphatic carbocycles. The minimum Gasteiger partial charge on any atom is -0.356 e. The summed E-state index contributed by atoms with van der Waals surface area (Å²) in [5.74, 6) is 0.00111. The first-order valence-electron chi connectivity index (χ1n) is 5.20. The summed E-state index contributed by atoms with van der Waals surface area (Å²) < 4.78 is 0. The SMILES string of the molecule is CC(CN)C(=O)NCCCCN(C)C. The van der Waals surface area contributed by atoms with Gasteiger partial charge in [-0.3, -0.25) is 4.79 Å². The molecular weight excluding hydrogens is 178 g/mol. The van der Waals surface area contributed by atoms with Crippen molar-refractivity contribution in [3.05, 3.63) is 0 Å². The van der Waals surface area contributed by atoms with E-state index >= 15 is 0 Å². The van der Waals surface area contributed by atoms with Gasteiger partial charge in [-0.2, -0.15) is 0 Å². The van der Waals surface area contributed by atoms with E-state index in [-0.39, 0.29) is 11.8 Å². The molecule has 0 aromatic heterocycles. The van der Waals surface area contributed by atoms with Crippen molar-refractivity contribution in [2.45, 2.75) is 19.8 Å². The van der Waals surface area contributed by atoms with Gasteiger partial charge < -0.3 is 16.0 Å². The van der Waals surface area contributed by atoms with Crippen LogP contribution in [0.3, 0.4) is 0 Å². The molecule has 0 heterocycles. The van der Waals surface area contributed by atoms with Crippen molar-refractivity contribution in [3.8, 4) is 0 Å². The zero-order valence-corrected chi connectivity index (χ0v) is 9.55. The molecule has 1 atom stereocenters. The minimum absolute atomic E-state index is 0.0659. The molecule has 3 N–H and O–H groups in total. The maximum atomic E-state index is 11.3. The highest BCUT2D eigenvalue weighted by atomic mass is 16.1. The number of carbonyl (C=O) groups excluding carboxylic acids is 1. The van der Waals surface area contributed by atoms with Crippen molar-refractivity contribution in [1.82, 2.24) is 10.2 Å². The third kappa shape index (κ3) is 6.86. The van der Waals surface area contributed by atoms with Gasteiger partial charge in [0.05, 0.1) is 0 Å². The zero-order valence-electron chi connectivity index (χ0n) is 9.55. The molecule has 0 saturated carbocycles. The molecule has 14 heavy (non-hydrogen) atoms. The third-order valence-electron chi connectivity index (χ3n) is 2.13. The number of nitrogens with zero attached hydrogens (tertiary/aromatic N) is 1. The molecular formula is C10H23N3O. The van der Waals surface area contributed by atoms with Crippen molar-refractivity contribution < 1.29 is 4.79 Å². The van der Waals surface area contributed by atoms with Crippen molar-refractivity contribution in [2.24, 2.45) is 11.7 Å². The average molecular weight is 201 g/mol. The Morgan fingerprint density at radius 3 is 2.57 bits per heavy atom. The fourth-order valence-corrected chi connectivity index (χ4v) is 1.05. The smallest absolute Gasteiger partial charge is 0.224 e. The number of hydrogen-bond acceptors (Lipinski definition) is 3. The van der Waals surface area contributed by atoms with E-state index in [1.165, 1.54) is 0 Å². The summed E-state index contributed by atoms with van der Waals surface area (Å²) in [4.78, 5) is 13.4. The van der Waals surface area contributed by atoms with Crippen LogP contribution in [-0.4, -0.2) is 44.5 Å². The first-order valence-corrected chi connectivity index (χ1v) is 5.20. The molecule has 4 nitrogen and oxygen atoms in total. The lowest BCUT2D eigenvalue weighted by Gasteiger charge is -2.11. The van der Waals surface area contributed by atoms with Gasteiger partial charge in [-0.1, -0.05) is 6.92 Å². The van der Waals surface area contributed by atoms with Gasteiger partial charge in [0.1, 0.15) is 0 Å². The average Bonchev–Trinajstić information content (AvgIpc) is 2.15. The fourth-order valence-electron chi connectivity index (χ4n) is 1.05. The number of rotatable bonds is 7. The van der Waals surface area contributed by atoms with Gasteiger partial charge in [-0.05, 0) is 33.5 Å². The molecule has 1 amide bonds. The predicted octanol–water partition coefficient (Wildman–Crippen LogP) is 0.0392. The normalized spacial score (nSPS) is 12.9. The standard InChI is InChI=1S/C10H23N3O/c1-9(8-11)10(14)12-6-4-5-7-13(2)3/h9H,4-8,11H2,1-3H3,(H,12,14). The van der Waals surface area contributed by atoms with Crippen molar-refractivity contribution >= 4 is 5.91 Å². The molecule has 0 spiro atoms. The largest absolute Gasteiger partial charge is 0.356 e. The van der Waals surface area contributed by atoms with Gasteiger partial charge in [0.2, 0.25) is 5.91 Å². The lowest BCUT2D eigenvalue weighted by atomic mass is 10.1. The Balaban J connectivity index is 3.32. The van der Waals surface area contributed by atoms with Gasteiger partial charge in [-0.15, -0.1) is 0 Å². The molecule has 0 bridgehead atoms. The van der Waals surface area contributed by atoms with Gasteiger partial charge in [0, 0.05) is 19.0 Å². The third-order valence-corrected chi connectivity index (χ3v) is 2.13. The zero-order chi connectivity index (χ0) is 11.0. The van der Waals surface area contributed by atoms with E-state index < -0.39 is 0 Å². The molecule has 0 aliphatic rings. The maximum absolute atomic E-state index is 11.3. The Hall–Kier alpha value is -0.610. The number of unbranched alkanes of at least 4 members (excludes halogenated alkanes) is 1. The van der Waals surface area contributed by atoms with Crippen LogP contribution in [0.1, 0.15) is 19.8 Å². The van der Waals surface area contributed by atoms with Crippen LogP contribution >= 0.6 is 0 Å². The van der Waals surface area contributed by atoms with Crippen LogP contribution in [0.25, 0.3) is 0 Å². The predicted molar refractivity (Wildman–Crippen MR) is 59.0 cm³/mol. The number of amides is 1. The number of nitrogens with one attached hydrogen (secondary N) is 1. The highest BCUT2D eigenvalue weighted by Crippen LogP contribution is 1.92. The van der Waals surface area contributed by atoms with E-state index in [1.807, 2.05) is 6.92 Å². The monoisotopic (exact) mass is 201 g/mol. The van der Waals surface area contributed by atoms with Crippen LogP contribution < -0.4 is 11.1 Å². The minimum atomic E-state index is -0.0659. The summed E-state index contributed by atoms with van der Waals surface area (Å²) in [7, 11) is 4.10. The second-order valence-electron chi connectivity index (χ2n) is 3.94. The molecule has 0 fully saturated rings. The number of nitrogens with two attached hydrogens (primary N) is 1. The Morgan fingerprint density at radius 2 is 2.07 bits per heavy atom. The Morgan fingerprint density at radius 1 is 1.43 bits per heavy atom. The van der Waals surface area contributed by atoms with Crippen LogP contribution in [0.5, 0.6) is 0 Å². The molecule has 0 rings (SSSR count). The fraction of sp³-hybridized carbons (Fsp3) is 0.900. The Bertz CT molecular complexity index is 159. The first-order chi connectivity index (χ1) is 6.57. The summed E-state index contributed by atoms with van der Waals surface area (Å²) >= 11 is 0. The summed E-state index contributed by atoms with van der Waals surface area (Å²) in [5, 5.41) is 2.87. The van der Waals surface area contributed by atoms with Gasteiger partial charge >= 0.3 is 0 Å². The molecule has 84 valence electrons. The van der Waals surface area contributed by atoms with Crippen molar-refractivity contribution in [1.29, 1.82) is 0 Å². The molecule has 0 aromatic rings. The van der Waals surface area contributed by atoms with Crippen LogP contribution in [0, 0.1) is 5.92 Å². The molecule has 0 aromatic carbocycles. The van der Waals surface area contributed by atoms with Crippen LogP contribution in [-0.2, 0) is 4.79 Å². The second-order valence-corrected chi connectivity index (χ2v) is 3.94. The van der Waals surface area contributed by atoms with E-state index in [2.05, 4.69) is 24.3 Å². The van der Waals surface area contributed by atoms with E-state index in [0.29, 0.717) is 6.54 Å². The number of carbonyl (C=O) groups is 1. The molecule has 1 unspecified atom stereocenters. The highest BCUT2D eigenvalue weighted by molar-refractivity contribution is 5.78. The summed E-state index contributed by atoms with van der Waals surface area (Å²) in [5.41, 5.74) is 5.38. The second kappa shape index (κ2) is 7.76. The Kier molecular flexibility index (Phi) is 7.42. The number of hydrogen-bond donors (Lipinski definition) is 2. The lowest BCUT2D eigenvalue weighted by Crippen LogP contribution is -2.34. The van der Waals surface area contributed by atoms with Gasteiger partial charge in [0.15, 0.2) is 0 Å². The topological polar surface area (TPSA) is 58.4 Å². The Labute approximate surface area is 86.8 Å². The van der Waals surface area contributed by atoms with Crippen molar-refractivity contribution in [3.63, 3.8) is 0 Å². The molecule has 4 heteroatoms. The summed E-state index contributed by atoms with van der Waals surface area (Å²) in [6.07, 6.45) is 2.14. The molecule has 0 radical (unpaired) electrons. The van der Waals surface area contributed by atoms with Crippen LogP contribution in [0.4, 0.5) is 0 Å². The van der Waals surface area contributed by atoms with Crippen LogP contribution in [0.2, 0.25) is 0 Å². The van der Waals surface area contributed by atoms with E-state index in [9.17, 15) is 4.79 Å². The van der Waals surface area contributed by atoms with Gasteiger partial charge in [0.25, 0.3) is 0 Å². The van der Waals surface area contributed by atoms with E-state index in [1.54, 1.807) is 0 Å². The molecule has 0 saturated heterocycles. The molecule has 0 aliphatic heterocycles. The maximum Gasteiger partial charge on any atom is 0.224 e. The highest BCUT2D eigenvalue weighted by Gasteiger charge is 2.08. The summed E-state index contributed by atoms with van der Waals surface area (Å²) in [6, 6.07) is 0.